The predicted octanol–water partition coefficient (Wildman–Crippen LogP) is 4.02. The summed E-state index contributed by atoms with van der Waals surface area (Å²) in [5.74, 6) is 0.455. The predicted molar refractivity (Wildman–Crippen MR) is 93.9 cm³/mol. The summed E-state index contributed by atoms with van der Waals surface area (Å²) in [5.41, 5.74) is 2.33. The molecule has 1 N–H and O–H groups in total. The number of carbonyl (C=O) groups is 1. The highest BCUT2D eigenvalue weighted by atomic mass is 32.1. The number of carbonyl (C=O) groups excluding carboxylic acids is 1. The Labute approximate surface area is 141 Å². The van der Waals surface area contributed by atoms with Crippen molar-refractivity contribution in [2.75, 3.05) is 7.05 Å². The molecule has 1 fully saturated rings. The Bertz CT molecular complexity index is 698. The standard InChI is InChI=1S/C18H23N3OS/c1-11-17(23-13(3)19-11)12(2)21(4)18(22)20-16-10-15(16)14-8-6-5-7-9-14/h5-9,12,15-16H,10H2,1-4H3,(H,20,22). The van der Waals surface area contributed by atoms with Gasteiger partial charge in [0, 0.05) is 23.9 Å². The Hall–Kier alpha value is -1.88. The normalized spacial score (nSPS) is 20.9. The van der Waals surface area contributed by atoms with Crippen LogP contribution in [-0.2, 0) is 0 Å². The maximum absolute atomic E-state index is 12.5. The van der Waals surface area contributed by atoms with Crippen LogP contribution in [0.4, 0.5) is 4.79 Å². The van der Waals surface area contributed by atoms with Crippen LogP contribution in [0.25, 0.3) is 0 Å². The van der Waals surface area contributed by atoms with Gasteiger partial charge in [-0.25, -0.2) is 9.78 Å². The molecule has 3 rings (SSSR count). The van der Waals surface area contributed by atoms with Crippen molar-refractivity contribution in [3.63, 3.8) is 0 Å². The molecule has 2 aromatic rings. The third kappa shape index (κ3) is 3.39. The number of nitrogens with zero attached hydrogens (tertiary/aromatic N) is 2. The van der Waals surface area contributed by atoms with Crippen molar-refractivity contribution in [3.05, 3.63) is 51.5 Å². The fraction of sp³-hybridized carbons (Fsp3) is 0.444. The number of urea groups is 1. The lowest BCUT2D eigenvalue weighted by Crippen LogP contribution is -2.40. The highest BCUT2D eigenvalue weighted by Gasteiger charge is 2.40. The zero-order chi connectivity index (χ0) is 16.6. The Morgan fingerprint density at radius 1 is 1.35 bits per heavy atom. The molecule has 3 atom stereocenters. The topological polar surface area (TPSA) is 45.2 Å². The lowest BCUT2D eigenvalue weighted by molar-refractivity contribution is 0.194. The average Bonchev–Trinajstić information content (AvgIpc) is 3.22. The molecule has 0 bridgehead atoms. The van der Waals surface area contributed by atoms with Crippen molar-refractivity contribution in [2.45, 2.75) is 45.2 Å². The summed E-state index contributed by atoms with van der Waals surface area (Å²) in [7, 11) is 1.86. The van der Waals surface area contributed by atoms with E-state index in [4.69, 9.17) is 0 Å². The molecule has 5 heteroatoms. The Kier molecular flexibility index (Phi) is 4.39. The lowest BCUT2D eigenvalue weighted by Gasteiger charge is -2.25. The van der Waals surface area contributed by atoms with Crippen LogP contribution in [0.5, 0.6) is 0 Å². The van der Waals surface area contributed by atoms with Crippen LogP contribution in [0.3, 0.4) is 0 Å². The van der Waals surface area contributed by atoms with Crippen molar-refractivity contribution >= 4 is 17.4 Å². The number of nitrogens with one attached hydrogen (secondary N) is 1. The third-order valence-corrected chi connectivity index (χ3v) is 5.79. The number of aromatic nitrogens is 1. The van der Waals surface area contributed by atoms with E-state index in [0.29, 0.717) is 5.92 Å². The van der Waals surface area contributed by atoms with Gasteiger partial charge in [0.25, 0.3) is 0 Å². The summed E-state index contributed by atoms with van der Waals surface area (Å²) in [6, 6.07) is 10.7. The van der Waals surface area contributed by atoms with Crippen molar-refractivity contribution in [3.8, 4) is 0 Å². The fourth-order valence-electron chi connectivity index (χ4n) is 2.97. The number of thiazole rings is 1. The minimum absolute atomic E-state index is 0.00798. The molecule has 122 valence electrons. The smallest absolute Gasteiger partial charge is 0.317 e. The van der Waals surface area contributed by atoms with Gasteiger partial charge in [-0.2, -0.15) is 0 Å². The molecule has 1 saturated carbocycles. The van der Waals surface area contributed by atoms with Gasteiger partial charge in [-0.1, -0.05) is 30.3 Å². The molecule has 4 nitrogen and oxygen atoms in total. The molecule has 0 saturated heterocycles. The molecule has 3 unspecified atom stereocenters. The first-order valence-corrected chi connectivity index (χ1v) is 8.81. The molecule has 2 amide bonds. The van der Waals surface area contributed by atoms with Gasteiger partial charge < -0.3 is 10.2 Å². The highest BCUT2D eigenvalue weighted by molar-refractivity contribution is 7.11. The number of rotatable bonds is 4. The van der Waals surface area contributed by atoms with Gasteiger partial charge in [0.15, 0.2) is 0 Å². The molecule has 23 heavy (non-hydrogen) atoms. The highest BCUT2D eigenvalue weighted by Crippen LogP contribution is 2.40. The Balaban J connectivity index is 1.59. The van der Waals surface area contributed by atoms with Crippen molar-refractivity contribution in [1.29, 1.82) is 0 Å². The van der Waals surface area contributed by atoms with Gasteiger partial charge in [-0.15, -0.1) is 11.3 Å². The first kappa shape index (κ1) is 16.0. The lowest BCUT2D eigenvalue weighted by atomic mass is 10.1. The van der Waals surface area contributed by atoms with Crippen molar-refractivity contribution < 1.29 is 4.79 Å². The summed E-state index contributed by atoms with van der Waals surface area (Å²) in [6.07, 6.45) is 1.02. The summed E-state index contributed by atoms with van der Waals surface area (Å²) in [6.45, 7) is 6.07. The van der Waals surface area contributed by atoms with Gasteiger partial charge in [0.2, 0.25) is 0 Å². The van der Waals surface area contributed by atoms with E-state index in [1.807, 2.05) is 27.0 Å². The molecule has 1 aromatic carbocycles. The molecule has 1 aromatic heterocycles. The molecule has 1 aliphatic rings. The van der Waals surface area contributed by atoms with Crippen molar-refractivity contribution in [1.82, 2.24) is 15.2 Å². The molecule has 0 radical (unpaired) electrons. The number of hydrogen-bond acceptors (Lipinski definition) is 3. The third-order valence-electron chi connectivity index (χ3n) is 4.55. The summed E-state index contributed by atoms with van der Waals surface area (Å²) < 4.78 is 0. The second-order valence-corrected chi connectivity index (χ2v) is 7.51. The number of amides is 2. The molecular weight excluding hydrogens is 306 g/mol. The van der Waals surface area contributed by atoms with Crippen LogP contribution >= 0.6 is 11.3 Å². The van der Waals surface area contributed by atoms with E-state index in [0.717, 1.165) is 22.0 Å². The van der Waals surface area contributed by atoms with E-state index in [1.54, 1.807) is 16.2 Å². The monoisotopic (exact) mass is 329 g/mol. The zero-order valence-corrected chi connectivity index (χ0v) is 14.9. The quantitative estimate of drug-likeness (QED) is 0.921. The van der Waals surface area contributed by atoms with Crippen LogP contribution in [0, 0.1) is 13.8 Å². The van der Waals surface area contributed by atoms with Gasteiger partial charge in [-0.3, -0.25) is 0 Å². The summed E-state index contributed by atoms with van der Waals surface area (Å²) >= 11 is 1.67. The zero-order valence-electron chi connectivity index (χ0n) is 14.0. The van der Waals surface area contributed by atoms with Crippen LogP contribution in [0.15, 0.2) is 30.3 Å². The first-order valence-electron chi connectivity index (χ1n) is 7.99. The number of aryl methyl sites for hydroxylation is 2. The molecular formula is C18H23N3OS. The van der Waals surface area contributed by atoms with E-state index < -0.39 is 0 Å². The minimum atomic E-state index is -0.00798. The average molecular weight is 329 g/mol. The second-order valence-electron chi connectivity index (χ2n) is 6.28. The van der Waals surface area contributed by atoms with E-state index in [-0.39, 0.29) is 18.1 Å². The fourth-order valence-corrected chi connectivity index (χ4v) is 3.99. The van der Waals surface area contributed by atoms with Crippen LogP contribution < -0.4 is 5.32 Å². The summed E-state index contributed by atoms with van der Waals surface area (Å²) in [5, 5.41) is 4.20. The van der Waals surface area contributed by atoms with E-state index in [2.05, 4.69) is 41.5 Å². The van der Waals surface area contributed by atoms with Crippen LogP contribution in [0.1, 0.15) is 46.4 Å². The Morgan fingerprint density at radius 2 is 2.04 bits per heavy atom. The van der Waals surface area contributed by atoms with Gasteiger partial charge >= 0.3 is 6.03 Å². The second kappa shape index (κ2) is 6.32. The maximum Gasteiger partial charge on any atom is 0.317 e. The van der Waals surface area contributed by atoms with E-state index in [9.17, 15) is 4.79 Å². The Morgan fingerprint density at radius 3 is 2.65 bits per heavy atom. The number of hydrogen-bond donors (Lipinski definition) is 1. The van der Waals surface area contributed by atoms with Crippen LogP contribution in [-0.4, -0.2) is 29.0 Å². The number of benzene rings is 1. The maximum atomic E-state index is 12.5. The largest absolute Gasteiger partial charge is 0.335 e. The molecule has 0 spiro atoms. The van der Waals surface area contributed by atoms with Crippen LogP contribution in [0.2, 0.25) is 0 Å². The van der Waals surface area contributed by atoms with Gasteiger partial charge in [0.1, 0.15) is 0 Å². The SMILES string of the molecule is Cc1nc(C)c(C(C)N(C)C(=O)NC2CC2c2ccccc2)s1. The van der Waals surface area contributed by atoms with Gasteiger partial charge in [-0.05, 0) is 32.8 Å². The molecule has 1 aliphatic carbocycles. The molecule has 1 heterocycles. The summed E-state index contributed by atoms with van der Waals surface area (Å²) in [4.78, 5) is 19.9. The minimum Gasteiger partial charge on any atom is -0.335 e. The van der Waals surface area contributed by atoms with E-state index in [1.165, 1.54) is 5.56 Å². The van der Waals surface area contributed by atoms with Gasteiger partial charge in [0.05, 0.1) is 16.7 Å². The van der Waals surface area contributed by atoms with Crippen molar-refractivity contribution in [2.24, 2.45) is 0 Å². The molecule has 0 aliphatic heterocycles. The first-order chi connectivity index (χ1) is 11.0. The van der Waals surface area contributed by atoms with E-state index >= 15 is 0 Å².